The van der Waals surface area contributed by atoms with Crippen LogP contribution < -0.4 is 5.32 Å². The van der Waals surface area contributed by atoms with Gasteiger partial charge in [-0.1, -0.05) is 19.1 Å². The zero-order valence-corrected chi connectivity index (χ0v) is 16.7. The third kappa shape index (κ3) is 4.28. The van der Waals surface area contributed by atoms with Crippen LogP contribution in [0.25, 0.3) is 11.5 Å². The van der Waals surface area contributed by atoms with Crippen molar-refractivity contribution in [2.45, 2.75) is 31.7 Å². The van der Waals surface area contributed by atoms with Crippen molar-refractivity contribution in [1.29, 1.82) is 0 Å². The molecule has 146 valence electrons. The van der Waals surface area contributed by atoms with Crippen LogP contribution in [-0.2, 0) is 9.84 Å². The van der Waals surface area contributed by atoms with Crippen molar-refractivity contribution in [2.24, 2.45) is 0 Å². The first-order chi connectivity index (χ1) is 13.3. The fourth-order valence-electron chi connectivity index (χ4n) is 2.67. The zero-order chi connectivity index (χ0) is 20.3. The number of nitrogens with zero attached hydrogens (tertiary/aromatic N) is 2. The number of nitrogens with one attached hydrogen (secondary N) is 1. The third-order valence-corrected chi connectivity index (χ3v) is 6.14. The average Bonchev–Trinajstić information content (AvgIpc) is 3.14. The maximum atomic E-state index is 12.5. The maximum absolute atomic E-state index is 12.5. The molecule has 1 heterocycles. The molecule has 0 radical (unpaired) electrons. The Hall–Kier alpha value is -3.00. The van der Waals surface area contributed by atoms with E-state index in [2.05, 4.69) is 15.5 Å². The molecule has 0 spiro atoms. The summed E-state index contributed by atoms with van der Waals surface area (Å²) in [6.07, 6.45) is 0. The minimum atomic E-state index is -3.24. The SMILES string of the molecule is CCS(=O)(=O)c1ccc(C(C)NC(=O)c2ccc(-c3nnc(C)o3)cc2)cc1. The number of benzene rings is 2. The second-order valence-corrected chi connectivity index (χ2v) is 8.65. The summed E-state index contributed by atoms with van der Waals surface area (Å²) < 4.78 is 29.2. The van der Waals surface area contributed by atoms with Gasteiger partial charge in [-0.15, -0.1) is 10.2 Å². The number of sulfone groups is 1. The summed E-state index contributed by atoms with van der Waals surface area (Å²) in [6, 6.07) is 13.2. The second-order valence-electron chi connectivity index (χ2n) is 6.37. The normalized spacial score (nSPS) is 12.5. The number of aryl methyl sites for hydroxylation is 1. The number of carbonyl (C=O) groups excluding carboxylic acids is 1. The van der Waals surface area contributed by atoms with Gasteiger partial charge in [0.15, 0.2) is 9.84 Å². The van der Waals surface area contributed by atoms with E-state index >= 15 is 0 Å². The van der Waals surface area contributed by atoms with Crippen LogP contribution in [0.3, 0.4) is 0 Å². The van der Waals surface area contributed by atoms with Crippen molar-refractivity contribution in [3.63, 3.8) is 0 Å². The van der Waals surface area contributed by atoms with Gasteiger partial charge in [0.2, 0.25) is 11.8 Å². The van der Waals surface area contributed by atoms with E-state index in [0.717, 1.165) is 11.1 Å². The Morgan fingerprint density at radius 2 is 1.71 bits per heavy atom. The molecule has 1 atom stereocenters. The summed E-state index contributed by atoms with van der Waals surface area (Å²) in [7, 11) is -3.24. The highest BCUT2D eigenvalue weighted by Gasteiger charge is 2.15. The van der Waals surface area contributed by atoms with Gasteiger partial charge < -0.3 is 9.73 Å². The number of rotatable bonds is 6. The average molecular weight is 399 g/mol. The first-order valence-corrected chi connectivity index (χ1v) is 10.5. The Kier molecular flexibility index (Phi) is 5.60. The molecule has 8 heteroatoms. The number of hydrogen-bond acceptors (Lipinski definition) is 6. The van der Waals surface area contributed by atoms with Crippen LogP contribution in [0.5, 0.6) is 0 Å². The van der Waals surface area contributed by atoms with Crippen LogP contribution in [-0.4, -0.2) is 30.3 Å². The number of amides is 1. The van der Waals surface area contributed by atoms with Crippen molar-refractivity contribution in [1.82, 2.24) is 15.5 Å². The van der Waals surface area contributed by atoms with Crippen LogP contribution in [0.15, 0.2) is 57.8 Å². The van der Waals surface area contributed by atoms with Gasteiger partial charge in [-0.25, -0.2) is 8.42 Å². The van der Waals surface area contributed by atoms with E-state index in [1.807, 2.05) is 6.92 Å². The molecule has 1 aromatic heterocycles. The Bertz CT molecular complexity index is 1070. The predicted molar refractivity (Wildman–Crippen MR) is 105 cm³/mol. The monoisotopic (exact) mass is 399 g/mol. The minimum absolute atomic E-state index is 0.0534. The van der Waals surface area contributed by atoms with Gasteiger partial charge in [-0.3, -0.25) is 4.79 Å². The van der Waals surface area contributed by atoms with Gasteiger partial charge in [0.1, 0.15) is 0 Å². The van der Waals surface area contributed by atoms with E-state index in [9.17, 15) is 13.2 Å². The highest BCUT2D eigenvalue weighted by atomic mass is 32.2. The lowest BCUT2D eigenvalue weighted by Gasteiger charge is -2.15. The Morgan fingerprint density at radius 3 is 2.25 bits per heavy atom. The Morgan fingerprint density at radius 1 is 1.07 bits per heavy atom. The molecule has 0 aliphatic rings. The third-order valence-electron chi connectivity index (χ3n) is 4.39. The standard InChI is InChI=1S/C20H21N3O4S/c1-4-28(25,26)18-11-9-15(10-12-18)13(2)21-19(24)16-5-7-17(8-6-16)20-23-22-14(3)27-20/h5-13H,4H2,1-3H3,(H,21,24). The van der Waals surface area contributed by atoms with Gasteiger partial charge >= 0.3 is 0 Å². The van der Waals surface area contributed by atoms with Crippen LogP contribution in [0.2, 0.25) is 0 Å². The molecule has 1 unspecified atom stereocenters. The van der Waals surface area contributed by atoms with Crippen molar-refractivity contribution >= 4 is 15.7 Å². The molecule has 0 fully saturated rings. The van der Waals surface area contributed by atoms with E-state index in [0.29, 0.717) is 17.3 Å². The molecule has 1 N–H and O–H groups in total. The largest absolute Gasteiger partial charge is 0.421 e. The molecule has 2 aromatic carbocycles. The van der Waals surface area contributed by atoms with Crippen molar-refractivity contribution in [3.05, 3.63) is 65.5 Å². The lowest BCUT2D eigenvalue weighted by atomic mass is 10.1. The molecule has 7 nitrogen and oxygen atoms in total. The predicted octanol–water partition coefficient (Wildman–Crippen LogP) is 3.33. The summed E-state index contributed by atoms with van der Waals surface area (Å²) in [5.74, 6) is 0.701. The molecule has 28 heavy (non-hydrogen) atoms. The summed E-state index contributed by atoms with van der Waals surface area (Å²) in [5.41, 5.74) is 2.05. The summed E-state index contributed by atoms with van der Waals surface area (Å²) in [6.45, 7) is 5.16. The topological polar surface area (TPSA) is 102 Å². The van der Waals surface area contributed by atoms with E-state index in [4.69, 9.17) is 4.42 Å². The number of aromatic nitrogens is 2. The maximum Gasteiger partial charge on any atom is 0.251 e. The van der Waals surface area contributed by atoms with Gasteiger partial charge in [-0.05, 0) is 48.9 Å². The summed E-state index contributed by atoms with van der Waals surface area (Å²) in [4.78, 5) is 12.8. The van der Waals surface area contributed by atoms with Crippen molar-refractivity contribution < 1.29 is 17.6 Å². The van der Waals surface area contributed by atoms with E-state index in [1.165, 1.54) is 0 Å². The lowest BCUT2D eigenvalue weighted by molar-refractivity contribution is 0.0940. The molecular formula is C20H21N3O4S. The molecule has 3 rings (SSSR count). The van der Waals surface area contributed by atoms with Gasteiger partial charge in [0.05, 0.1) is 16.7 Å². The molecule has 0 saturated carbocycles. The molecule has 1 amide bonds. The van der Waals surface area contributed by atoms with E-state index in [-0.39, 0.29) is 22.6 Å². The molecule has 3 aromatic rings. The Balaban J connectivity index is 1.68. The summed E-state index contributed by atoms with van der Waals surface area (Å²) in [5, 5.41) is 10.6. The van der Waals surface area contributed by atoms with Gasteiger partial charge in [-0.2, -0.15) is 0 Å². The smallest absolute Gasteiger partial charge is 0.251 e. The quantitative estimate of drug-likeness (QED) is 0.682. The van der Waals surface area contributed by atoms with Crippen LogP contribution in [0.4, 0.5) is 0 Å². The molecule has 0 bridgehead atoms. The van der Waals surface area contributed by atoms with E-state index in [1.54, 1.807) is 62.4 Å². The second kappa shape index (κ2) is 7.93. The fourth-order valence-corrected chi connectivity index (χ4v) is 3.56. The van der Waals surface area contributed by atoms with Gasteiger partial charge in [0, 0.05) is 18.1 Å². The minimum Gasteiger partial charge on any atom is -0.421 e. The molecular weight excluding hydrogens is 378 g/mol. The van der Waals surface area contributed by atoms with Crippen LogP contribution >= 0.6 is 0 Å². The number of hydrogen-bond donors (Lipinski definition) is 1. The Labute approximate surface area is 163 Å². The van der Waals surface area contributed by atoms with Crippen LogP contribution in [0, 0.1) is 6.92 Å². The van der Waals surface area contributed by atoms with Gasteiger partial charge in [0.25, 0.3) is 5.91 Å². The van der Waals surface area contributed by atoms with Crippen molar-refractivity contribution in [3.8, 4) is 11.5 Å². The number of carbonyl (C=O) groups is 1. The van der Waals surface area contributed by atoms with E-state index < -0.39 is 9.84 Å². The first kappa shape index (κ1) is 19.8. The molecule has 0 saturated heterocycles. The lowest BCUT2D eigenvalue weighted by Crippen LogP contribution is -2.26. The molecule has 0 aliphatic heterocycles. The highest BCUT2D eigenvalue weighted by molar-refractivity contribution is 7.91. The highest BCUT2D eigenvalue weighted by Crippen LogP contribution is 2.20. The fraction of sp³-hybridized carbons (Fsp3) is 0.250. The zero-order valence-electron chi connectivity index (χ0n) is 15.8. The van der Waals surface area contributed by atoms with Crippen molar-refractivity contribution in [2.75, 3.05) is 5.75 Å². The summed E-state index contributed by atoms with van der Waals surface area (Å²) >= 11 is 0. The molecule has 0 aliphatic carbocycles. The van der Waals surface area contributed by atoms with Crippen LogP contribution in [0.1, 0.15) is 41.7 Å². The first-order valence-electron chi connectivity index (χ1n) is 8.84.